The Morgan fingerprint density at radius 1 is 1.04 bits per heavy atom. The summed E-state index contributed by atoms with van der Waals surface area (Å²) in [7, 11) is 1.54. The number of methoxy groups -OCH3 is 1. The molecule has 0 heterocycles. The summed E-state index contributed by atoms with van der Waals surface area (Å²) in [6.07, 6.45) is 0. The van der Waals surface area contributed by atoms with E-state index >= 15 is 0 Å². The molecule has 0 bridgehead atoms. The lowest BCUT2D eigenvalue weighted by atomic mass is 10.2. The first-order chi connectivity index (χ1) is 13.0. The number of nitrogens with one attached hydrogen (secondary N) is 2. The van der Waals surface area contributed by atoms with Gasteiger partial charge >= 0.3 is 0 Å². The van der Waals surface area contributed by atoms with Crippen LogP contribution in [-0.4, -0.2) is 38.5 Å². The third-order valence-electron chi connectivity index (χ3n) is 3.77. The van der Waals surface area contributed by atoms with E-state index in [1.54, 1.807) is 19.2 Å². The first kappa shape index (κ1) is 21.7. The maximum atomic E-state index is 13.1. The lowest BCUT2D eigenvalue weighted by Gasteiger charge is -2.15. The van der Waals surface area contributed by atoms with Gasteiger partial charge in [0.05, 0.1) is 23.8 Å². The normalized spacial score (nSPS) is 10.9. The predicted octanol–water partition coefficient (Wildman–Crippen LogP) is 3.39. The van der Waals surface area contributed by atoms with Gasteiger partial charge < -0.3 is 25.2 Å². The van der Waals surface area contributed by atoms with Crippen molar-refractivity contribution in [1.82, 2.24) is 10.6 Å². The Morgan fingerprint density at radius 2 is 1.81 bits per heavy atom. The molecule has 0 fully saturated rings. The van der Waals surface area contributed by atoms with Crippen molar-refractivity contribution >= 4 is 23.2 Å². The summed E-state index contributed by atoms with van der Waals surface area (Å²) in [4.78, 5) is 0. The molecule has 0 unspecified atom stereocenters. The number of ether oxygens (including phenoxy) is 2. The summed E-state index contributed by atoms with van der Waals surface area (Å²) in [5, 5.41) is 15.8. The van der Waals surface area contributed by atoms with Crippen molar-refractivity contribution in [3.8, 4) is 11.5 Å². The van der Waals surface area contributed by atoms with Gasteiger partial charge in [0.25, 0.3) is 0 Å². The number of aliphatic hydroxyl groups is 1. The second kappa shape index (κ2) is 11.3. The molecular weight excluding hydrogens is 394 g/mol. The van der Waals surface area contributed by atoms with Gasteiger partial charge in [0.15, 0.2) is 11.5 Å². The fourth-order valence-electron chi connectivity index (χ4n) is 2.42. The van der Waals surface area contributed by atoms with Crippen LogP contribution in [0.2, 0.25) is 10.0 Å². The highest BCUT2D eigenvalue weighted by molar-refractivity contribution is 6.32. The second-order valence-corrected chi connectivity index (χ2v) is 6.60. The van der Waals surface area contributed by atoms with E-state index in [-0.39, 0.29) is 13.2 Å². The van der Waals surface area contributed by atoms with Gasteiger partial charge in [-0.1, -0.05) is 29.3 Å². The van der Waals surface area contributed by atoms with Gasteiger partial charge in [0.2, 0.25) is 0 Å². The van der Waals surface area contributed by atoms with Crippen LogP contribution in [-0.2, 0) is 13.2 Å². The predicted molar refractivity (Wildman–Crippen MR) is 105 cm³/mol. The molecule has 5 nitrogen and oxygen atoms in total. The molecular formula is C19H23Cl2FN2O3. The molecule has 0 aliphatic rings. The fraction of sp³-hybridized carbons (Fsp3) is 0.368. The van der Waals surface area contributed by atoms with Gasteiger partial charge in [-0.15, -0.1) is 0 Å². The van der Waals surface area contributed by atoms with Crippen molar-refractivity contribution < 1.29 is 19.0 Å². The molecule has 2 aromatic carbocycles. The van der Waals surface area contributed by atoms with Crippen LogP contribution >= 0.6 is 23.2 Å². The van der Waals surface area contributed by atoms with E-state index in [0.29, 0.717) is 40.2 Å². The molecule has 27 heavy (non-hydrogen) atoms. The molecule has 2 rings (SSSR count). The van der Waals surface area contributed by atoms with Gasteiger partial charge in [-0.2, -0.15) is 0 Å². The maximum absolute atomic E-state index is 13.1. The van der Waals surface area contributed by atoms with E-state index in [9.17, 15) is 4.39 Å². The van der Waals surface area contributed by atoms with Crippen molar-refractivity contribution in [3.63, 3.8) is 0 Å². The molecule has 8 heteroatoms. The zero-order chi connectivity index (χ0) is 19.6. The van der Waals surface area contributed by atoms with Crippen LogP contribution in [0.1, 0.15) is 11.1 Å². The Hall–Kier alpha value is -1.57. The van der Waals surface area contributed by atoms with E-state index in [1.165, 1.54) is 12.1 Å². The van der Waals surface area contributed by atoms with E-state index in [2.05, 4.69) is 10.6 Å². The molecule has 0 aliphatic carbocycles. The number of halogens is 3. The van der Waals surface area contributed by atoms with Crippen LogP contribution in [0.15, 0.2) is 30.3 Å². The van der Waals surface area contributed by atoms with Crippen LogP contribution in [0.4, 0.5) is 4.39 Å². The number of hydrogen-bond donors (Lipinski definition) is 3. The zero-order valence-corrected chi connectivity index (χ0v) is 16.5. The van der Waals surface area contributed by atoms with E-state index < -0.39 is 5.82 Å². The number of benzene rings is 2. The van der Waals surface area contributed by atoms with Crippen molar-refractivity contribution in [2.24, 2.45) is 0 Å². The maximum Gasteiger partial charge on any atom is 0.180 e. The third-order valence-corrected chi connectivity index (χ3v) is 4.41. The van der Waals surface area contributed by atoms with E-state index in [0.717, 1.165) is 18.7 Å². The Labute approximate surface area is 168 Å². The molecule has 0 aromatic heterocycles. The van der Waals surface area contributed by atoms with Crippen molar-refractivity contribution in [1.29, 1.82) is 0 Å². The zero-order valence-electron chi connectivity index (χ0n) is 15.0. The van der Waals surface area contributed by atoms with Gasteiger partial charge in [-0.05, 0) is 29.8 Å². The monoisotopic (exact) mass is 416 g/mol. The molecule has 2 aromatic rings. The van der Waals surface area contributed by atoms with Crippen molar-refractivity contribution in [3.05, 3.63) is 57.3 Å². The van der Waals surface area contributed by atoms with E-state index in [4.69, 9.17) is 37.8 Å². The first-order valence-electron chi connectivity index (χ1n) is 8.50. The molecule has 0 amide bonds. The number of aliphatic hydroxyl groups excluding tert-OH is 1. The van der Waals surface area contributed by atoms with Gasteiger partial charge in [-0.3, -0.25) is 0 Å². The Kier molecular flexibility index (Phi) is 9.10. The van der Waals surface area contributed by atoms with Crippen LogP contribution in [0.5, 0.6) is 11.5 Å². The molecule has 148 valence electrons. The standard InChI is InChI=1S/C19H23Cl2FN2O3/c1-26-18-9-13(11-24-5-4-23-6-7-25)8-17(21)19(18)27-12-14-2-3-15(22)10-16(14)20/h2-3,8-10,23-25H,4-7,11-12H2,1H3. The second-order valence-electron chi connectivity index (χ2n) is 5.78. The minimum atomic E-state index is -0.400. The summed E-state index contributed by atoms with van der Waals surface area (Å²) < 4.78 is 24.3. The topological polar surface area (TPSA) is 62.8 Å². The fourth-order valence-corrected chi connectivity index (χ4v) is 2.93. The van der Waals surface area contributed by atoms with Crippen LogP contribution in [0.3, 0.4) is 0 Å². The van der Waals surface area contributed by atoms with Crippen LogP contribution < -0.4 is 20.1 Å². The SMILES string of the molecule is COc1cc(CNCCNCCO)cc(Cl)c1OCc1ccc(F)cc1Cl. The van der Waals surface area contributed by atoms with Gasteiger partial charge in [0, 0.05) is 31.7 Å². The van der Waals surface area contributed by atoms with E-state index in [1.807, 2.05) is 6.07 Å². The molecule has 0 atom stereocenters. The smallest absolute Gasteiger partial charge is 0.180 e. The summed E-state index contributed by atoms with van der Waals surface area (Å²) in [5.74, 6) is 0.520. The van der Waals surface area contributed by atoms with Crippen LogP contribution in [0.25, 0.3) is 0 Å². The summed E-state index contributed by atoms with van der Waals surface area (Å²) in [6.45, 7) is 2.96. The average molecular weight is 417 g/mol. The Balaban J connectivity index is 1.98. The minimum Gasteiger partial charge on any atom is -0.493 e. The molecule has 0 spiro atoms. The lowest BCUT2D eigenvalue weighted by Crippen LogP contribution is -2.28. The quantitative estimate of drug-likeness (QED) is 0.490. The summed E-state index contributed by atoms with van der Waals surface area (Å²) >= 11 is 12.4. The molecule has 3 N–H and O–H groups in total. The average Bonchev–Trinajstić information content (AvgIpc) is 2.64. The number of rotatable bonds is 11. The highest BCUT2D eigenvalue weighted by Crippen LogP contribution is 2.37. The number of hydrogen-bond acceptors (Lipinski definition) is 5. The van der Waals surface area contributed by atoms with Crippen molar-refractivity contribution in [2.45, 2.75) is 13.2 Å². The molecule has 0 aliphatic heterocycles. The third kappa shape index (κ3) is 6.83. The molecule has 0 radical (unpaired) electrons. The summed E-state index contributed by atoms with van der Waals surface area (Å²) in [5.41, 5.74) is 1.60. The first-order valence-corrected chi connectivity index (χ1v) is 9.26. The van der Waals surface area contributed by atoms with Crippen molar-refractivity contribution in [2.75, 3.05) is 33.4 Å². The lowest BCUT2D eigenvalue weighted by molar-refractivity contribution is 0.284. The van der Waals surface area contributed by atoms with Gasteiger partial charge in [-0.25, -0.2) is 4.39 Å². The largest absolute Gasteiger partial charge is 0.493 e. The van der Waals surface area contributed by atoms with Gasteiger partial charge in [0.1, 0.15) is 12.4 Å². The summed E-state index contributed by atoms with van der Waals surface area (Å²) in [6, 6.07) is 7.79. The highest BCUT2D eigenvalue weighted by atomic mass is 35.5. The Bertz CT molecular complexity index is 747. The van der Waals surface area contributed by atoms with Crippen LogP contribution in [0, 0.1) is 5.82 Å². The molecule has 0 saturated carbocycles. The molecule has 0 saturated heterocycles. The Morgan fingerprint density at radius 3 is 2.52 bits per heavy atom. The highest BCUT2D eigenvalue weighted by Gasteiger charge is 2.13. The minimum absolute atomic E-state index is 0.122.